The van der Waals surface area contributed by atoms with Gasteiger partial charge in [-0.2, -0.15) is 0 Å². The summed E-state index contributed by atoms with van der Waals surface area (Å²) < 4.78 is 70.6. The number of nitrogens with one attached hydrogen (secondary N) is 1. The van der Waals surface area contributed by atoms with E-state index in [0.717, 1.165) is 0 Å². The molecule has 0 spiro atoms. The van der Waals surface area contributed by atoms with Crippen molar-refractivity contribution in [3.63, 3.8) is 0 Å². The van der Waals surface area contributed by atoms with Crippen LogP contribution in [0.3, 0.4) is 0 Å². The largest absolute Gasteiger partial charge is 0.379 e. The third-order valence-corrected chi connectivity index (χ3v) is 2.86. The van der Waals surface area contributed by atoms with E-state index in [4.69, 9.17) is 4.74 Å². The molecule has 0 saturated carbocycles. The van der Waals surface area contributed by atoms with Gasteiger partial charge in [0.1, 0.15) is 5.69 Å². The smallest absolute Gasteiger partial charge is 0.200 e. The molecule has 1 fully saturated rings. The summed E-state index contributed by atoms with van der Waals surface area (Å²) >= 11 is 0. The second-order valence-corrected chi connectivity index (χ2v) is 4.43. The first-order valence-corrected chi connectivity index (χ1v) is 5.23. The van der Waals surface area contributed by atoms with Gasteiger partial charge in [0.2, 0.25) is 5.82 Å². The average Bonchev–Trinajstić information content (AvgIpc) is 2.77. The molecular weight excluding hydrogens is 257 g/mol. The van der Waals surface area contributed by atoms with Crippen LogP contribution in [0.4, 0.5) is 27.6 Å². The molecule has 1 aromatic rings. The van der Waals surface area contributed by atoms with Crippen LogP contribution in [0.2, 0.25) is 0 Å². The highest BCUT2D eigenvalue weighted by atomic mass is 19.2. The van der Waals surface area contributed by atoms with E-state index in [9.17, 15) is 22.0 Å². The van der Waals surface area contributed by atoms with E-state index in [2.05, 4.69) is 5.32 Å². The highest BCUT2D eigenvalue weighted by Crippen LogP contribution is 2.31. The zero-order valence-electron chi connectivity index (χ0n) is 9.42. The molecule has 0 aromatic heterocycles. The van der Waals surface area contributed by atoms with Gasteiger partial charge in [-0.05, 0) is 13.3 Å². The van der Waals surface area contributed by atoms with Crippen molar-refractivity contribution in [2.24, 2.45) is 0 Å². The summed E-state index contributed by atoms with van der Waals surface area (Å²) in [5.74, 6) is -9.81. The molecule has 1 N–H and O–H groups in total. The van der Waals surface area contributed by atoms with Crippen LogP contribution < -0.4 is 5.32 Å². The maximum Gasteiger partial charge on any atom is 0.200 e. The van der Waals surface area contributed by atoms with E-state index in [-0.39, 0.29) is 6.61 Å². The van der Waals surface area contributed by atoms with Crippen molar-refractivity contribution in [3.05, 3.63) is 29.1 Å². The summed E-state index contributed by atoms with van der Waals surface area (Å²) in [6.07, 6.45) is 0.409. The van der Waals surface area contributed by atoms with Crippen molar-refractivity contribution in [3.8, 4) is 0 Å². The van der Waals surface area contributed by atoms with Crippen LogP contribution in [-0.4, -0.2) is 18.8 Å². The molecule has 100 valence electrons. The molecule has 0 radical (unpaired) electrons. The van der Waals surface area contributed by atoms with Crippen molar-refractivity contribution in [2.45, 2.75) is 18.9 Å². The Hall–Kier alpha value is -1.37. The summed E-state index contributed by atoms with van der Waals surface area (Å²) in [5.41, 5.74) is -1.86. The van der Waals surface area contributed by atoms with Gasteiger partial charge in [0.15, 0.2) is 23.3 Å². The lowest BCUT2D eigenvalue weighted by molar-refractivity contribution is 0.185. The second kappa shape index (κ2) is 4.38. The fourth-order valence-corrected chi connectivity index (χ4v) is 1.78. The third kappa shape index (κ3) is 2.03. The SMILES string of the molecule is CC1(Nc2c(F)c(F)c(F)c(F)c2F)CCOC1. The Kier molecular flexibility index (Phi) is 3.18. The van der Waals surface area contributed by atoms with Crippen molar-refractivity contribution in [2.75, 3.05) is 18.5 Å². The minimum atomic E-state index is -2.16. The van der Waals surface area contributed by atoms with E-state index >= 15 is 0 Å². The van der Waals surface area contributed by atoms with Gasteiger partial charge in [-0.25, -0.2) is 22.0 Å². The molecule has 1 atom stereocenters. The fourth-order valence-electron chi connectivity index (χ4n) is 1.78. The first-order valence-electron chi connectivity index (χ1n) is 5.23. The van der Waals surface area contributed by atoms with Crippen molar-refractivity contribution >= 4 is 5.69 Å². The lowest BCUT2D eigenvalue weighted by atomic mass is 10.0. The lowest BCUT2D eigenvalue weighted by Crippen LogP contribution is -2.36. The first kappa shape index (κ1) is 13.1. The van der Waals surface area contributed by atoms with Crippen LogP contribution in [0.5, 0.6) is 0 Å². The molecule has 18 heavy (non-hydrogen) atoms. The molecule has 1 saturated heterocycles. The summed E-state index contributed by atoms with van der Waals surface area (Å²) in [5, 5.41) is 2.34. The van der Waals surface area contributed by atoms with Gasteiger partial charge in [0.05, 0.1) is 12.1 Å². The number of ether oxygens (including phenoxy) is 1. The van der Waals surface area contributed by atoms with Crippen molar-refractivity contribution in [1.29, 1.82) is 0 Å². The van der Waals surface area contributed by atoms with Gasteiger partial charge >= 0.3 is 0 Å². The molecule has 1 aliphatic rings. The maximum atomic E-state index is 13.4. The molecule has 0 bridgehead atoms. The van der Waals surface area contributed by atoms with Gasteiger partial charge in [0.25, 0.3) is 0 Å². The number of benzene rings is 1. The van der Waals surface area contributed by atoms with E-state index in [1.165, 1.54) is 0 Å². The summed E-state index contributed by atoms with van der Waals surface area (Å²) in [7, 11) is 0. The highest BCUT2D eigenvalue weighted by molar-refractivity contribution is 5.50. The lowest BCUT2D eigenvalue weighted by Gasteiger charge is -2.25. The summed E-state index contributed by atoms with van der Waals surface area (Å²) in [4.78, 5) is 0. The number of rotatable bonds is 2. The van der Waals surface area contributed by atoms with E-state index in [1.54, 1.807) is 6.92 Å². The van der Waals surface area contributed by atoms with Crippen molar-refractivity contribution < 1.29 is 26.7 Å². The molecule has 0 amide bonds. The Balaban J connectivity index is 2.45. The van der Waals surface area contributed by atoms with Crippen LogP contribution >= 0.6 is 0 Å². The number of hydrogen-bond acceptors (Lipinski definition) is 2. The fraction of sp³-hybridized carbons (Fsp3) is 0.455. The van der Waals surface area contributed by atoms with Crippen LogP contribution in [0, 0.1) is 29.1 Å². The quantitative estimate of drug-likeness (QED) is 0.505. The predicted octanol–water partition coefficient (Wildman–Crippen LogP) is 2.97. The van der Waals surface area contributed by atoms with Gasteiger partial charge < -0.3 is 10.1 Å². The molecule has 1 unspecified atom stereocenters. The molecule has 1 aliphatic heterocycles. The zero-order chi connectivity index (χ0) is 13.5. The van der Waals surface area contributed by atoms with Gasteiger partial charge in [-0.3, -0.25) is 0 Å². The van der Waals surface area contributed by atoms with Gasteiger partial charge in [0, 0.05) is 6.61 Å². The molecule has 2 nitrogen and oxygen atoms in total. The average molecular weight is 267 g/mol. The van der Waals surface area contributed by atoms with Crippen LogP contribution in [0.25, 0.3) is 0 Å². The van der Waals surface area contributed by atoms with E-state index < -0.39 is 40.3 Å². The Labute approximate surface area is 99.7 Å². The molecule has 1 aromatic carbocycles. The Bertz CT molecular complexity index is 456. The monoisotopic (exact) mass is 267 g/mol. The predicted molar refractivity (Wildman–Crippen MR) is 53.7 cm³/mol. The molecule has 2 rings (SSSR count). The Morgan fingerprint density at radius 3 is 1.89 bits per heavy atom. The molecule has 7 heteroatoms. The summed E-state index contributed by atoms with van der Waals surface area (Å²) in [6, 6.07) is 0. The Morgan fingerprint density at radius 1 is 0.944 bits per heavy atom. The highest BCUT2D eigenvalue weighted by Gasteiger charge is 2.34. The summed E-state index contributed by atoms with van der Waals surface area (Å²) in [6.45, 7) is 2.07. The van der Waals surface area contributed by atoms with Crippen molar-refractivity contribution in [1.82, 2.24) is 0 Å². The molecular formula is C11H10F5NO. The minimum Gasteiger partial charge on any atom is -0.379 e. The molecule has 1 heterocycles. The third-order valence-electron chi connectivity index (χ3n) is 2.86. The minimum absolute atomic E-state index is 0.131. The van der Waals surface area contributed by atoms with Crippen LogP contribution in [0.1, 0.15) is 13.3 Å². The van der Waals surface area contributed by atoms with Gasteiger partial charge in [-0.15, -0.1) is 0 Å². The van der Waals surface area contributed by atoms with E-state index in [0.29, 0.717) is 13.0 Å². The zero-order valence-corrected chi connectivity index (χ0v) is 9.42. The van der Waals surface area contributed by atoms with Crippen LogP contribution in [0.15, 0.2) is 0 Å². The standard InChI is InChI=1S/C11H10F5NO/c1-11(2-3-18-4-11)17-10-8(15)6(13)5(12)7(14)9(10)16/h17H,2-4H2,1H3. The van der Waals surface area contributed by atoms with E-state index in [1.807, 2.05) is 0 Å². The Morgan fingerprint density at radius 2 is 1.44 bits per heavy atom. The molecule has 0 aliphatic carbocycles. The maximum absolute atomic E-state index is 13.4. The number of anilines is 1. The number of hydrogen-bond donors (Lipinski definition) is 1. The second-order valence-electron chi connectivity index (χ2n) is 4.43. The first-order chi connectivity index (χ1) is 8.36. The number of halogens is 5. The normalized spacial score (nSPS) is 23.4. The topological polar surface area (TPSA) is 21.3 Å². The van der Waals surface area contributed by atoms with Crippen LogP contribution in [-0.2, 0) is 4.74 Å². The van der Waals surface area contributed by atoms with Gasteiger partial charge in [-0.1, -0.05) is 0 Å².